The van der Waals surface area contributed by atoms with E-state index in [1.165, 1.54) is 21.5 Å². The summed E-state index contributed by atoms with van der Waals surface area (Å²) < 4.78 is 0. The van der Waals surface area contributed by atoms with Crippen molar-refractivity contribution in [3.05, 3.63) is 84.9 Å². The summed E-state index contributed by atoms with van der Waals surface area (Å²) in [7, 11) is 0. The van der Waals surface area contributed by atoms with Gasteiger partial charge in [-0.15, -0.1) is 0 Å². The fraction of sp³-hybridized carbons (Fsp3) is 0.214. The van der Waals surface area contributed by atoms with Gasteiger partial charge in [-0.05, 0) is 70.2 Å². The summed E-state index contributed by atoms with van der Waals surface area (Å²) in [4.78, 5) is 4.70. The number of hydrogen-bond acceptors (Lipinski definition) is 3. The van der Waals surface area contributed by atoms with Gasteiger partial charge in [0.2, 0.25) is 0 Å². The average Bonchev–Trinajstić information content (AvgIpc) is 2.89. The zero-order valence-corrected chi connectivity index (χ0v) is 21.2. The van der Waals surface area contributed by atoms with Crippen molar-refractivity contribution >= 4 is 67.6 Å². The molecule has 0 aromatic heterocycles. The third-order valence-corrected chi connectivity index (χ3v) is 6.99. The van der Waals surface area contributed by atoms with Crippen LogP contribution >= 0.6 is 24.4 Å². The molecule has 0 aliphatic carbocycles. The lowest BCUT2D eigenvalue weighted by molar-refractivity contribution is 0.186. The fourth-order valence-electron chi connectivity index (χ4n) is 4.41. The van der Waals surface area contributed by atoms with Gasteiger partial charge < -0.3 is 20.9 Å². The minimum Gasteiger partial charge on any atom is -0.361 e. The van der Waals surface area contributed by atoms with Crippen LogP contribution in [-0.4, -0.2) is 59.3 Å². The molecule has 4 aromatic rings. The molecule has 7 heteroatoms. The molecule has 0 unspecified atom stereocenters. The zero-order chi connectivity index (χ0) is 24.0. The highest BCUT2D eigenvalue weighted by molar-refractivity contribution is 7.80. The van der Waals surface area contributed by atoms with Crippen molar-refractivity contribution in [2.45, 2.75) is 0 Å². The van der Waals surface area contributed by atoms with Crippen molar-refractivity contribution in [2.75, 3.05) is 49.9 Å². The van der Waals surface area contributed by atoms with Gasteiger partial charge in [0, 0.05) is 50.6 Å². The number of hydrogen-bond donors (Lipinski definition) is 3. The molecule has 35 heavy (non-hydrogen) atoms. The van der Waals surface area contributed by atoms with Crippen LogP contribution in [0.25, 0.3) is 21.5 Å². The van der Waals surface area contributed by atoms with Crippen molar-refractivity contribution in [3.8, 4) is 0 Å². The van der Waals surface area contributed by atoms with Gasteiger partial charge in [0.25, 0.3) is 0 Å². The van der Waals surface area contributed by atoms with E-state index in [1.54, 1.807) is 0 Å². The largest absolute Gasteiger partial charge is 0.361 e. The molecule has 178 valence electrons. The van der Waals surface area contributed by atoms with Gasteiger partial charge in [-0.25, -0.2) is 0 Å². The first-order valence-corrected chi connectivity index (χ1v) is 12.8. The predicted octanol–water partition coefficient (Wildman–Crippen LogP) is 5.29. The lowest BCUT2D eigenvalue weighted by Crippen LogP contribution is -2.51. The molecule has 0 radical (unpaired) electrons. The maximum Gasteiger partial charge on any atom is 0.173 e. The van der Waals surface area contributed by atoms with E-state index in [0.29, 0.717) is 5.11 Å². The van der Waals surface area contributed by atoms with E-state index in [9.17, 15) is 0 Å². The molecule has 0 amide bonds. The second-order valence-corrected chi connectivity index (χ2v) is 9.56. The first kappa shape index (κ1) is 23.5. The van der Waals surface area contributed by atoms with Crippen LogP contribution in [0.15, 0.2) is 84.9 Å². The van der Waals surface area contributed by atoms with Crippen molar-refractivity contribution in [1.82, 2.24) is 15.1 Å². The zero-order valence-electron chi connectivity index (χ0n) is 19.5. The first-order valence-electron chi connectivity index (χ1n) is 11.9. The Hall–Kier alpha value is -3.26. The molecular formula is C28H29N5S2. The molecule has 1 heterocycles. The highest BCUT2D eigenvalue weighted by Gasteiger charge is 2.18. The van der Waals surface area contributed by atoms with E-state index in [0.717, 1.165) is 55.8 Å². The van der Waals surface area contributed by atoms with Crippen molar-refractivity contribution < 1.29 is 0 Å². The topological polar surface area (TPSA) is 42.6 Å². The van der Waals surface area contributed by atoms with Gasteiger partial charge in [0.05, 0.1) is 0 Å². The van der Waals surface area contributed by atoms with E-state index in [2.05, 4.69) is 111 Å². The molecular weight excluding hydrogens is 470 g/mol. The van der Waals surface area contributed by atoms with Gasteiger partial charge in [-0.1, -0.05) is 60.7 Å². The van der Waals surface area contributed by atoms with Crippen LogP contribution in [0.4, 0.5) is 11.4 Å². The van der Waals surface area contributed by atoms with Crippen molar-refractivity contribution in [1.29, 1.82) is 0 Å². The van der Waals surface area contributed by atoms with Crippen molar-refractivity contribution in [3.63, 3.8) is 0 Å². The number of nitrogens with one attached hydrogen (secondary N) is 3. The van der Waals surface area contributed by atoms with Gasteiger partial charge in [-0.2, -0.15) is 0 Å². The smallest absolute Gasteiger partial charge is 0.173 e. The lowest BCUT2D eigenvalue weighted by atomic mass is 10.1. The van der Waals surface area contributed by atoms with Crippen LogP contribution < -0.4 is 16.0 Å². The first-order chi connectivity index (χ1) is 17.1. The molecule has 0 bridgehead atoms. The Kier molecular flexibility index (Phi) is 7.37. The van der Waals surface area contributed by atoms with Crippen LogP contribution in [0, 0.1) is 0 Å². The predicted molar refractivity (Wildman–Crippen MR) is 156 cm³/mol. The second kappa shape index (κ2) is 11.0. The van der Waals surface area contributed by atoms with E-state index >= 15 is 0 Å². The van der Waals surface area contributed by atoms with Gasteiger partial charge >= 0.3 is 0 Å². The number of fused-ring (bicyclic) bond motifs is 2. The Morgan fingerprint density at radius 1 is 0.657 bits per heavy atom. The van der Waals surface area contributed by atoms with E-state index < -0.39 is 0 Å². The quantitative estimate of drug-likeness (QED) is 0.322. The van der Waals surface area contributed by atoms with Crippen molar-refractivity contribution in [2.24, 2.45) is 0 Å². The molecule has 0 saturated carbocycles. The molecule has 5 nitrogen and oxygen atoms in total. The maximum absolute atomic E-state index is 5.69. The Labute approximate surface area is 217 Å². The Morgan fingerprint density at radius 2 is 1.20 bits per heavy atom. The fourth-order valence-corrected chi connectivity index (χ4v) is 4.93. The number of thiocarbonyl (C=S) groups is 2. The molecule has 0 spiro atoms. The Bertz CT molecular complexity index is 1340. The summed E-state index contributed by atoms with van der Waals surface area (Å²) in [6.45, 7) is 5.54. The molecule has 1 aliphatic rings. The molecule has 4 aromatic carbocycles. The van der Waals surface area contributed by atoms with Crippen LogP contribution in [0.1, 0.15) is 0 Å². The SMILES string of the molecule is S=C(NCCN1CCN(C(=S)Nc2ccc3ccccc3c2)CC1)Nc1ccc2ccccc2c1. The number of rotatable bonds is 5. The molecule has 3 N–H and O–H groups in total. The van der Waals surface area contributed by atoms with Crippen LogP contribution in [0.5, 0.6) is 0 Å². The summed E-state index contributed by atoms with van der Waals surface area (Å²) in [6, 6.07) is 29.4. The summed E-state index contributed by atoms with van der Waals surface area (Å²) in [5.41, 5.74) is 2.04. The number of anilines is 2. The van der Waals surface area contributed by atoms with Crippen LogP contribution in [-0.2, 0) is 0 Å². The third kappa shape index (κ3) is 6.06. The minimum absolute atomic E-state index is 0.652. The summed E-state index contributed by atoms with van der Waals surface area (Å²) in [5, 5.41) is 16.4. The molecule has 1 aliphatic heterocycles. The van der Waals surface area contributed by atoms with E-state index in [1.807, 2.05) is 0 Å². The third-order valence-electron chi connectivity index (χ3n) is 6.38. The number of benzene rings is 4. The molecule has 1 fully saturated rings. The second-order valence-electron chi connectivity index (χ2n) is 8.76. The number of piperazine rings is 1. The normalized spacial score (nSPS) is 14.1. The summed E-state index contributed by atoms with van der Waals surface area (Å²) in [5.74, 6) is 0. The highest BCUT2D eigenvalue weighted by atomic mass is 32.1. The maximum atomic E-state index is 5.69. The molecule has 0 atom stereocenters. The van der Waals surface area contributed by atoms with E-state index in [-0.39, 0.29) is 0 Å². The highest BCUT2D eigenvalue weighted by Crippen LogP contribution is 2.20. The van der Waals surface area contributed by atoms with Gasteiger partial charge in [0.15, 0.2) is 10.2 Å². The van der Waals surface area contributed by atoms with Gasteiger partial charge in [0.1, 0.15) is 0 Å². The number of nitrogens with zero attached hydrogens (tertiary/aromatic N) is 2. The monoisotopic (exact) mass is 499 g/mol. The van der Waals surface area contributed by atoms with Gasteiger partial charge in [-0.3, -0.25) is 4.90 Å². The average molecular weight is 500 g/mol. The van der Waals surface area contributed by atoms with Crippen LogP contribution in [0.3, 0.4) is 0 Å². The minimum atomic E-state index is 0.652. The molecule has 5 rings (SSSR count). The lowest BCUT2D eigenvalue weighted by Gasteiger charge is -2.36. The summed E-state index contributed by atoms with van der Waals surface area (Å²) in [6.07, 6.45) is 0. The standard InChI is InChI=1S/C28H29N5S2/c34-27(30-25-11-9-21-5-1-3-7-23(21)19-25)29-13-14-32-15-17-33(18-16-32)28(35)31-26-12-10-22-6-2-4-8-24(22)20-26/h1-12,19-20H,13-18H2,(H,31,35)(H2,29,30,34). The van der Waals surface area contributed by atoms with E-state index in [4.69, 9.17) is 24.4 Å². The molecule has 1 saturated heterocycles. The summed E-state index contributed by atoms with van der Waals surface area (Å²) >= 11 is 11.2. The Balaban J connectivity index is 1.03. The Morgan fingerprint density at radius 3 is 1.80 bits per heavy atom. The van der Waals surface area contributed by atoms with Crippen LogP contribution in [0.2, 0.25) is 0 Å².